The molecular formula is C11H22N2O2. The molecule has 1 aliphatic carbocycles. The molecule has 2 unspecified atom stereocenters. The summed E-state index contributed by atoms with van der Waals surface area (Å²) >= 11 is 0. The van der Waals surface area contributed by atoms with Crippen molar-refractivity contribution in [2.45, 2.75) is 51.1 Å². The number of nitrogens with one attached hydrogen (secondary N) is 1. The third-order valence-electron chi connectivity index (χ3n) is 3.05. The number of carbonyl (C=O) groups excluding carboxylic acids is 1. The van der Waals surface area contributed by atoms with E-state index in [1.54, 1.807) is 13.8 Å². The number of aliphatic hydroxyl groups excluding tert-OH is 1. The maximum Gasteiger partial charge on any atom is 0.239 e. The van der Waals surface area contributed by atoms with Gasteiger partial charge in [0.25, 0.3) is 0 Å². The van der Waals surface area contributed by atoms with E-state index in [9.17, 15) is 9.90 Å². The minimum Gasteiger partial charge on any atom is -0.396 e. The highest BCUT2D eigenvalue weighted by atomic mass is 16.3. The van der Waals surface area contributed by atoms with E-state index in [-0.39, 0.29) is 24.5 Å². The van der Waals surface area contributed by atoms with Crippen molar-refractivity contribution in [2.24, 2.45) is 11.7 Å². The molecule has 0 aromatic carbocycles. The lowest BCUT2D eigenvalue weighted by molar-refractivity contribution is -0.126. The first-order chi connectivity index (χ1) is 6.95. The lowest BCUT2D eigenvalue weighted by Crippen LogP contribution is -2.54. The third kappa shape index (κ3) is 3.47. The molecule has 1 amide bonds. The average molecular weight is 214 g/mol. The molecule has 0 aromatic heterocycles. The number of hydrogen-bond acceptors (Lipinski definition) is 3. The van der Waals surface area contributed by atoms with Gasteiger partial charge in [-0.3, -0.25) is 4.79 Å². The van der Waals surface area contributed by atoms with Crippen molar-refractivity contribution in [3.8, 4) is 0 Å². The van der Waals surface area contributed by atoms with Gasteiger partial charge < -0.3 is 16.2 Å². The van der Waals surface area contributed by atoms with E-state index in [0.717, 1.165) is 25.7 Å². The van der Waals surface area contributed by atoms with E-state index >= 15 is 0 Å². The molecule has 0 radical (unpaired) electrons. The van der Waals surface area contributed by atoms with Crippen molar-refractivity contribution >= 4 is 5.91 Å². The monoisotopic (exact) mass is 214 g/mol. The standard InChI is InChI=1S/C11H22N2O2/c1-11(2,12)10(15)13-9-6-4-3-5-8(9)7-14/h8-9,14H,3-7,12H2,1-2H3,(H,13,15). The summed E-state index contributed by atoms with van der Waals surface area (Å²) in [6.45, 7) is 3.54. The Bertz CT molecular complexity index is 223. The van der Waals surface area contributed by atoms with E-state index < -0.39 is 5.54 Å². The van der Waals surface area contributed by atoms with Crippen LogP contribution in [0.15, 0.2) is 0 Å². The van der Waals surface area contributed by atoms with E-state index in [1.807, 2.05) is 0 Å². The molecule has 2 atom stereocenters. The Morgan fingerprint density at radius 3 is 2.60 bits per heavy atom. The molecular weight excluding hydrogens is 192 g/mol. The largest absolute Gasteiger partial charge is 0.396 e. The Balaban J connectivity index is 2.52. The first kappa shape index (κ1) is 12.5. The number of hydrogen-bond donors (Lipinski definition) is 3. The zero-order chi connectivity index (χ0) is 11.5. The molecule has 1 saturated carbocycles. The van der Waals surface area contributed by atoms with Gasteiger partial charge >= 0.3 is 0 Å². The topological polar surface area (TPSA) is 75.4 Å². The van der Waals surface area contributed by atoms with Gasteiger partial charge in [0.1, 0.15) is 0 Å². The second-order valence-electron chi connectivity index (χ2n) is 5.03. The maximum atomic E-state index is 11.7. The number of nitrogens with two attached hydrogens (primary N) is 1. The molecule has 0 saturated heterocycles. The zero-order valence-corrected chi connectivity index (χ0v) is 9.62. The Kier molecular flexibility index (Phi) is 4.11. The highest BCUT2D eigenvalue weighted by Gasteiger charge is 2.30. The molecule has 4 nitrogen and oxygen atoms in total. The highest BCUT2D eigenvalue weighted by molar-refractivity contribution is 5.85. The quantitative estimate of drug-likeness (QED) is 0.636. The molecule has 4 N–H and O–H groups in total. The van der Waals surface area contributed by atoms with Crippen LogP contribution < -0.4 is 11.1 Å². The molecule has 1 aliphatic rings. The molecule has 4 heteroatoms. The number of aliphatic hydroxyl groups is 1. The van der Waals surface area contributed by atoms with Gasteiger partial charge in [-0.15, -0.1) is 0 Å². The van der Waals surface area contributed by atoms with Crippen LogP contribution >= 0.6 is 0 Å². The summed E-state index contributed by atoms with van der Waals surface area (Å²) in [6, 6.07) is 0.0964. The Morgan fingerprint density at radius 1 is 1.47 bits per heavy atom. The lowest BCUT2D eigenvalue weighted by atomic mass is 9.84. The van der Waals surface area contributed by atoms with Crippen molar-refractivity contribution in [3.05, 3.63) is 0 Å². The fourth-order valence-corrected chi connectivity index (χ4v) is 1.97. The summed E-state index contributed by atoms with van der Waals surface area (Å²) in [5, 5.41) is 12.1. The van der Waals surface area contributed by atoms with Gasteiger partial charge in [-0.25, -0.2) is 0 Å². The van der Waals surface area contributed by atoms with Crippen LogP contribution in [0, 0.1) is 5.92 Å². The molecule has 1 rings (SSSR count). The van der Waals surface area contributed by atoms with Crippen LogP contribution in [0.3, 0.4) is 0 Å². The molecule has 88 valence electrons. The van der Waals surface area contributed by atoms with Gasteiger partial charge in [-0.05, 0) is 26.7 Å². The van der Waals surface area contributed by atoms with Crippen molar-refractivity contribution < 1.29 is 9.90 Å². The minimum atomic E-state index is -0.836. The average Bonchev–Trinajstić information content (AvgIpc) is 2.17. The van der Waals surface area contributed by atoms with Crippen molar-refractivity contribution in [1.82, 2.24) is 5.32 Å². The van der Waals surface area contributed by atoms with Crippen LogP contribution in [-0.4, -0.2) is 29.2 Å². The van der Waals surface area contributed by atoms with Crippen LogP contribution in [0.1, 0.15) is 39.5 Å². The van der Waals surface area contributed by atoms with Crippen LogP contribution in [0.4, 0.5) is 0 Å². The molecule has 0 aliphatic heterocycles. The molecule has 0 spiro atoms. The van der Waals surface area contributed by atoms with E-state index in [4.69, 9.17) is 5.73 Å². The summed E-state index contributed by atoms with van der Waals surface area (Å²) in [5.74, 6) is 0.0675. The summed E-state index contributed by atoms with van der Waals surface area (Å²) in [4.78, 5) is 11.7. The van der Waals surface area contributed by atoms with Crippen LogP contribution in [0.2, 0.25) is 0 Å². The smallest absolute Gasteiger partial charge is 0.239 e. The van der Waals surface area contributed by atoms with Crippen molar-refractivity contribution in [1.29, 1.82) is 0 Å². The van der Waals surface area contributed by atoms with Crippen LogP contribution in [0.5, 0.6) is 0 Å². The van der Waals surface area contributed by atoms with Gasteiger partial charge in [-0.1, -0.05) is 12.8 Å². The second-order valence-corrected chi connectivity index (χ2v) is 5.03. The summed E-state index contributed by atoms with van der Waals surface area (Å²) in [6.07, 6.45) is 4.20. The normalized spacial score (nSPS) is 27.5. The van der Waals surface area contributed by atoms with Crippen molar-refractivity contribution in [2.75, 3.05) is 6.61 Å². The summed E-state index contributed by atoms with van der Waals surface area (Å²) < 4.78 is 0. The molecule has 0 bridgehead atoms. The number of amides is 1. The minimum absolute atomic E-state index is 0.0964. The Morgan fingerprint density at radius 2 is 2.07 bits per heavy atom. The second kappa shape index (κ2) is 4.94. The first-order valence-electron chi connectivity index (χ1n) is 5.66. The van der Waals surface area contributed by atoms with Crippen LogP contribution in [0.25, 0.3) is 0 Å². The van der Waals surface area contributed by atoms with Gasteiger partial charge in [0.2, 0.25) is 5.91 Å². The molecule has 0 aromatic rings. The third-order valence-corrected chi connectivity index (χ3v) is 3.05. The van der Waals surface area contributed by atoms with E-state index in [2.05, 4.69) is 5.32 Å². The van der Waals surface area contributed by atoms with Gasteiger partial charge in [0, 0.05) is 18.6 Å². The lowest BCUT2D eigenvalue weighted by Gasteiger charge is -2.32. The van der Waals surface area contributed by atoms with Gasteiger partial charge in [-0.2, -0.15) is 0 Å². The molecule has 0 heterocycles. The number of rotatable bonds is 3. The van der Waals surface area contributed by atoms with E-state index in [0.29, 0.717) is 0 Å². The Labute approximate surface area is 91.2 Å². The first-order valence-corrected chi connectivity index (χ1v) is 5.66. The Hall–Kier alpha value is -0.610. The van der Waals surface area contributed by atoms with Gasteiger partial charge in [0.05, 0.1) is 5.54 Å². The van der Waals surface area contributed by atoms with Crippen molar-refractivity contribution in [3.63, 3.8) is 0 Å². The zero-order valence-electron chi connectivity index (χ0n) is 9.62. The fraction of sp³-hybridized carbons (Fsp3) is 0.909. The number of carbonyl (C=O) groups is 1. The van der Waals surface area contributed by atoms with Crippen LogP contribution in [-0.2, 0) is 4.79 Å². The summed E-state index contributed by atoms with van der Waals surface area (Å²) in [5.41, 5.74) is 4.87. The SMILES string of the molecule is CC(C)(N)C(=O)NC1CCCCC1CO. The van der Waals surface area contributed by atoms with Gasteiger partial charge in [0.15, 0.2) is 0 Å². The maximum absolute atomic E-state index is 11.7. The highest BCUT2D eigenvalue weighted by Crippen LogP contribution is 2.24. The predicted molar refractivity (Wildman–Crippen MR) is 59.2 cm³/mol. The molecule has 15 heavy (non-hydrogen) atoms. The fourth-order valence-electron chi connectivity index (χ4n) is 1.97. The predicted octanol–water partition coefficient (Wildman–Crippen LogP) is 0.391. The molecule has 1 fully saturated rings. The van der Waals surface area contributed by atoms with E-state index in [1.165, 1.54) is 0 Å². The summed E-state index contributed by atoms with van der Waals surface area (Å²) in [7, 11) is 0.